The zero-order valence-electron chi connectivity index (χ0n) is 12.4. The highest BCUT2D eigenvalue weighted by Crippen LogP contribution is 2.15. The summed E-state index contributed by atoms with van der Waals surface area (Å²) < 4.78 is 18.3. The number of carboxylic acid groups (broad SMARTS) is 1. The van der Waals surface area contributed by atoms with Crippen LogP contribution in [-0.4, -0.2) is 40.6 Å². The third kappa shape index (κ3) is 5.06. The zero-order chi connectivity index (χ0) is 16.0. The molecule has 1 N–H and O–H groups in total. The number of carbonyl (C=O) groups is 2. The van der Waals surface area contributed by atoms with Crippen LogP contribution >= 0.6 is 0 Å². The van der Waals surface area contributed by atoms with E-state index in [1.54, 1.807) is 20.8 Å². The standard InChI is InChI=1S/C15H20FNO4/c1-4-17(10(2)9-14(18)19)15(20)11(3)21-13-7-5-12(16)6-8-13/h5-8,10-11H,4,9H2,1-3H3,(H,18,19). The summed E-state index contributed by atoms with van der Waals surface area (Å²) in [5, 5.41) is 8.81. The molecule has 116 valence electrons. The van der Waals surface area contributed by atoms with Crippen LogP contribution in [0.25, 0.3) is 0 Å². The molecule has 0 aromatic heterocycles. The first-order chi connectivity index (χ1) is 9.85. The Balaban J connectivity index is 2.70. The molecule has 0 radical (unpaired) electrons. The first-order valence-corrected chi connectivity index (χ1v) is 6.79. The van der Waals surface area contributed by atoms with Crippen molar-refractivity contribution in [3.05, 3.63) is 30.1 Å². The van der Waals surface area contributed by atoms with Crippen LogP contribution < -0.4 is 4.74 Å². The molecule has 2 unspecified atom stereocenters. The molecule has 6 heteroatoms. The topological polar surface area (TPSA) is 66.8 Å². The Bertz CT molecular complexity index is 489. The van der Waals surface area contributed by atoms with Crippen molar-refractivity contribution in [3.8, 4) is 5.75 Å². The zero-order valence-corrected chi connectivity index (χ0v) is 12.4. The Morgan fingerprint density at radius 3 is 2.33 bits per heavy atom. The fraction of sp³-hybridized carbons (Fsp3) is 0.467. The molecule has 0 saturated carbocycles. The van der Waals surface area contributed by atoms with Crippen molar-refractivity contribution in [3.63, 3.8) is 0 Å². The van der Waals surface area contributed by atoms with Crippen molar-refractivity contribution in [2.45, 2.75) is 39.3 Å². The Labute approximate surface area is 123 Å². The van der Waals surface area contributed by atoms with Gasteiger partial charge in [-0.15, -0.1) is 0 Å². The lowest BCUT2D eigenvalue weighted by Crippen LogP contribution is -2.45. The largest absolute Gasteiger partial charge is 0.481 e. The van der Waals surface area contributed by atoms with Crippen LogP contribution in [0.5, 0.6) is 5.75 Å². The highest BCUT2D eigenvalue weighted by Gasteiger charge is 2.26. The second kappa shape index (κ2) is 7.61. The summed E-state index contributed by atoms with van der Waals surface area (Å²) >= 11 is 0. The quantitative estimate of drug-likeness (QED) is 0.838. The molecule has 0 aliphatic carbocycles. The highest BCUT2D eigenvalue weighted by molar-refractivity contribution is 5.81. The number of aliphatic carboxylic acids is 1. The average Bonchev–Trinajstić information content (AvgIpc) is 2.41. The van der Waals surface area contributed by atoms with E-state index < -0.39 is 18.1 Å². The third-order valence-corrected chi connectivity index (χ3v) is 3.10. The van der Waals surface area contributed by atoms with Crippen molar-refractivity contribution >= 4 is 11.9 Å². The molecule has 0 heterocycles. The molecule has 0 aliphatic rings. The molecule has 21 heavy (non-hydrogen) atoms. The maximum Gasteiger partial charge on any atom is 0.305 e. The highest BCUT2D eigenvalue weighted by atomic mass is 19.1. The first-order valence-electron chi connectivity index (χ1n) is 6.79. The fourth-order valence-electron chi connectivity index (χ4n) is 2.05. The smallest absolute Gasteiger partial charge is 0.305 e. The molecule has 1 rings (SSSR count). The number of benzene rings is 1. The van der Waals surface area contributed by atoms with Gasteiger partial charge in [-0.1, -0.05) is 0 Å². The molecule has 0 spiro atoms. The second-order valence-corrected chi connectivity index (χ2v) is 4.79. The van der Waals surface area contributed by atoms with E-state index in [1.807, 2.05) is 0 Å². The number of hydrogen-bond donors (Lipinski definition) is 1. The number of amides is 1. The molecule has 1 aromatic carbocycles. The molecule has 2 atom stereocenters. The van der Waals surface area contributed by atoms with E-state index >= 15 is 0 Å². The van der Waals surface area contributed by atoms with Gasteiger partial charge in [-0.3, -0.25) is 9.59 Å². The average molecular weight is 297 g/mol. The van der Waals surface area contributed by atoms with Gasteiger partial charge < -0.3 is 14.7 Å². The number of hydrogen-bond acceptors (Lipinski definition) is 3. The van der Waals surface area contributed by atoms with E-state index in [1.165, 1.54) is 29.2 Å². The minimum Gasteiger partial charge on any atom is -0.481 e. The monoisotopic (exact) mass is 297 g/mol. The maximum absolute atomic E-state index is 12.8. The molecular weight excluding hydrogens is 277 g/mol. The van der Waals surface area contributed by atoms with E-state index in [0.29, 0.717) is 12.3 Å². The van der Waals surface area contributed by atoms with E-state index in [4.69, 9.17) is 9.84 Å². The molecule has 1 amide bonds. The van der Waals surface area contributed by atoms with Gasteiger partial charge in [-0.05, 0) is 45.0 Å². The number of carboxylic acids is 1. The van der Waals surface area contributed by atoms with E-state index in [2.05, 4.69) is 0 Å². The molecule has 1 aromatic rings. The minimum atomic E-state index is -0.958. The summed E-state index contributed by atoms with van der Waals surface area (Å²) in [5.74, 6) is -1.25. The number of ether oxygens (including phenoxy) is 1. The summed E-state index contributed by atoms with van der Waals surface area (Å²) in [7, 11) is 0. The van der Waals surface area contributed by atoms with Crippen molar-refractivity contribution in [1.29, 1.82) is 0 Å². The summed E-state index contributed by atoms with van der Waals surface area (Å²) in [6.07, 6.45) is -0.894. The lowest BCUT2D eigenvalue weighted by molar-refractivity contribution is -0.143. The fourth-order valence-corrected chi connectivity index (χ4v) is 2.05. The van der Waals surface area contributed by atoms with Crippen LogP contribution in [0.4, 0.5) is 4.39 Å². The van der Waals surface area contributed by atoms with Crippen molar-refractivity contribution in [1.82, 2.24) is 4.90 Å². The molecule has 0 fully saturated rings. The van der Waals surface area contributed by atoms with Crippen molar-refractivity contribution in [2.75, 3.05) is 6.54 Å². The summed E-state index contributed by atoms with van der Waals surface area (Å²) in [6.45, 7) is 5.44. The van der Waals surface area contributed by atoms with Crippen LogP contribution in [-0.2, 0) is 9.59 Å². The Kier molecular flexibility index (Phi) is 6.14. The Hall–Kier alpha value is -2.11. The van der Waals surface area contributed by atoms with E-state index in [9.17, 15) is 14.0 Å². The Morgan fingerprint density at radius 2 is 1.86 bits per heavy atom. The van der Waals surface area contributed by atoms with Crippen molar-refractivity contribution in [2.24, 2.45) is 0 Å². The molecule has 0 bridgehead atoms. The van der Waals surface area contributed by atoms with Crippen LogP contribution in [0, 0.1) is 5.82 Å². The second-order valence-electron chi connectivity index (χ2n) is 4.79. The number of nitrogens with zero attached hydrogens (tertiary/aromatic N) is 1. The molecular formula is C15H20FNO4. The number of likely N-dealkylation sites (N-methyl/N-ethyl adjacent to an activating group) is 1. The summed E-state index contributed by atoms with van der Waals surface area (Å²) in [6, 6.07) is 4.96. The van der Waals surface area contributed by atoms with Crippen LogP contribution in [0.2, 0.25) is 0 Å². The van der Waals surface area contributed by atoms with Gasteiger partial charge in [0.2, 0.25) is 0 Å². The van der Waals surface area contributed by atoms with Gasteiger partial charge in [-0.25, -0.2) is 4.39 Å². The maximum atomic E-state index is 12.8. The minimum absolute atomic E-state index is 0.122. The van der Waals surface area contributed by atoms with Gasteiger partial charge in [0.05, 0.1) is 6.42 Å². The van der Waals surface area contributed by atoms with Gasteiger partial charge in [0.25, 0.3) is 5.91 Å². The van der Waals surface area contributed by atoms with Crippen LogP contribution in [0.15, 0.2) is 24.3 Å². The predicted molar refractivity (Wildman–Crippen MR) is 75.6 cm³/mol. The van der Waals surface area contributed by atoms with Gasteiger partial charge >= 0.3 is 5.97 Å². The normalized spacial score (nSPS) is 13.3. The molecule has 5 nitrogen and oxygen atoms in total. The van der Waals surface area contributed by atoms with E-state index in [-0.39, 0.29) is 18.1 Å². The first kappa shape index (κ1) is 16.9. The van der Waals surface area contributed by atoms with Crippen LogP contribution in [0.1, 0.15) is 27.2 Å². The third-order valence-electron chi connectivity index (χ3n) is 3.10. The predicted octanol–water partition coefficient (Wildman–Crippen LogP) is 2.30. The SMILES string of the molecule is CCN(C(=O)C(C)Oc1ccc(F)cc1)C(C)CC(=O)O. The van der Waals surface area contributed by atoms with Gasteiger partial charge in [0, 0.05) is 12.6 Å². The number of carbonyl (C=O) groups excluding carboxylic acids is 1. The lowest BCUT2D eigenvalue weighted by Gasteiger charge is -2.29. The van der Waals surface area contributed by atoms with Crippen LogP contribution in [0.3, 0.4) is 0 Å². The molecule has 0 saturated heterocycles. The lowest BCUT2D eigenvalue weighted by atomic mass is 10.2. The molecule has 0 aliphatic heterocycles. The van der Waals surface area contributed by atoms with Gasteiger partial charge in [0.15, 0.2) is 6.10 Å². The summed E-state index contributed by atoms with van der Waals surface area (Å²) in [4.78, 5) is 24.5. The van der Waals surface area contributed by atoms with Gasteiger partial charge in [0.1, 0.15) is 11.6 Å². The van der Waals surface area contributed by atoms with Crippen molar-refractivity contribution < 1.29 is 23.8 Å². The Morgan fingerprint density at radius 1 is 1.29 bits per heavy atom. The summed E-state index contributed by atoms with van der Waals surface area (Å²) in [5.41, 5.74) is 0. The van der Waals surface area contributed by atoms with E-state index in [0.717, 1.165) is 0 Å². The number of halogens is 1. The number of rotatable bonds is 7. The van der Waals surface area contributed by atoms with Gasteiger partial charge in [-0.2, -0.15) is 0 Å².